The Morgan fingerprint density at radius 3 is 2.64 bits per heavy atom. The Bertz CT molecular complexity index is 913. The third-order valence-electron chi connectivity index (χ3n) is 3.96. The van der Waals surface area contributed by atoms with Gasteiger partial charge in [-0.1, -0.05) is 18.2 Å². The van der Waals surface area contributed by atoms with Crippen molar-refractivity contribution in [3.8, 4) is 22.1 Å². The number of anilines is 1. The molecule has 2 aromatic carbocycles. The molecule has 3 rings (SSSR count). The fourth-order valence-electron chi connectivity index (χ4n) is 2.56. The molecule has 5 nitrogen and oxygen atoms in total. The van der Waals surface area contributed by atoms with Crippen LogP contribution in [0.15, 0.2) is 53.9 Å². The van der Waals surface area contributed by atoms with Crippen LogP contribution in [0.1, 0.15) is 12.1 Å². The summed E-state index contributed by atoms with van der Waals surface area (Å²) in [4.78, 5) is 16.7. The molecule has 0 bridgehead atoms. The lowest BCUT2D eigenvalue weighted by Crippen LogP contribution is -2.12. The van der Waals surface area contributed by atoms with Gasteiger partial charge in [-0.25, -0.2) is 4.98 Å². The van der Waals surface area contributed by atoms with Crippen molar-refractivity contribution in [1.29, 1.82) is 0 Å². The van der Waals surface area contributed by atoms with Gasteiger partial charge in [-0.3, -0.25) is 4.79 Å². The summed E-state index contributed by atoms with van der Waals surface area (Å²) in [5, 5.41) is 5.90. The average Bonchev–Trinajstić information content (AvgIpc) is 3.20. The minimum absolute atomic E-state index is 0.0306. The highest BCUT2D eigenvalue weighted by Gasteiger charge is 2.10. The van der Waals surface area contributed by atoms with E-state index < -0.39 is 0 Å². The fraction of sp³-hybridized carbons (Fsp3) is 0.238. The zero-order valence-corrected chi connectivity index (χ0v) is 17.4. The van der Waals surface area contributed by atoms with E-state index in [2.05, 4.69) is 10.7 Å². The Morgan fingerprint density at radius 2 is 1.89 bits per heavy atom. The van der Waals surface area contributed by atoms with Crippen LogP contribution in [-0.2, 0) is 10.5 Å². The number of aromatic nitrogens is 1. The molecule has 0 aliphatic heterocycles. The third-order valence-corrected chi connectivity index (χ3v) is 5.90. The molecule has 28 heavy (non-hydrogen) atoms. The monoisotopic (exact) mass is 414 g/mol. The number of thiazole rings is 1. The number of ether oxygens (including phenoxy) is 2. The SMILES string of the molecule is COc1ccc(-c2nc(CSCCC(=O)Nc3ccccc3)cs2)cc1OC. The van der Waals surface area contributed by atoms with E-state index in [1.165, 1.54) is 0 Å². The minimum Gasteiger partial charge on any atom is -0.493 e. The molecule has 1 aromatic heterocycles. The molecule has 3 aromatic rings. The normalized spacial score (nSPS) is 10.5. The number of rotatable bonds is 9. The van der Waals surface area contributed by atoms with Crippen molar-refractivity contribution in [2.75, 3.05) is 25.3 Å². The van der Waals surface area contributed by atoms with Gasteiger partial charge >= 0.3 is 0 Å². The lowest BCUT2D eigenvalue weighted by Gasteiger charge is -2.08. The average molecular weight is 415 g/mol. The molecular formula is C21H22N2O3S2. The highest BCUT2D eigenvalue weighted by Crippen LogP contribution is 2.33. The minimum atomic E-state index is 0.0306. The molecule has 0 saturated heterocycles. The van der Waals surface area contributed by atoms with Crippen LogP contribution in [0, 0.1) is 0 Å². The molecule has 146 valence electrons. The number of carbonyl (C=O) groups excluding carboxylic acids is 1. The van der Waals surface area contributed by atoms with Crippen LogP contribution in [0.25, 0.3) is 10.6 Å². The molecule has 0 unspecified atom stereocenters. The molecule has 1 amide bonds. The van der Waals surface area contributed by atoms with Gasteiger partial charge in [0.05, 0.1) is 19.9 Å². The highest BCUT2D eigenvalue weighted by atomic mass is 32.2. The fourth-order valence-corrected chi connectivity index (χ4v) is 4.31. The zero-order chi connectivity index (χ0) is 19.8. The first-order chi connectivity index (χ1) is 13.7. The maximum atomic E-state index is 12.0. The standard InChI is InChI=1S/C21H22N2O3S2/c1-25-18-9-8-15(12-19(18)26-2)21-23-17(14-28-21)13-27-11-10-20(24)22-16-6-4-3-5-7-16/h3-9,12,14H,10-11,13H2,1-2H3,(H,22,24). The van der Waals surface area contributed by atoms with Crippen molar-refractivity contribution >= 4 is 34.7 Å². The number of hydrogen-bond donors (Lipinski definition) is 1. The number of methoxy groups -OCH3 is 2. The van der Waals surface area contributed by atoms with Crippen molar-refractivity contribution in [3.63, 3.8) is 0 Å². The topological polar surface area (TPSA) is 60.5 Å². The molecule has 1 heterocycles. The first-order valence-corrected chi connectivity index (χ1v) is 10.8. The number of hydrogen-bond acceptors (Lipinski definition) is 6. The van der Waals surface area contributed by atoms with Crippen molar-refractivity contribution < 1.29 is 14.3 Å². The largest absolute Gasteiger partial charge is 0.493 e. The summed E-state index contributed by atoms with van der Waals surface area (Å²) in [6.45, 7) is 0. The van der Waals surface area contributed by atoms with E-state index in [9.17, 15) is 4.79 Å². The Morgan fingerprint density at radius 1 is 1.11 bits per heavy atom. The van der Waals surface area contributed by atoms with Gasteiger partial charge in [-0.15, -0.1) is 11.3 Å². The summed E-state index contributed by atoms with van der Waals surface area (Å²) in [5.74, 6) is 2.95. The summed E-state index contributed by atoms with van der Waals surface area (Å²) >= 11 is 3.31. The molecule has 0 fully saturated rings. The number of benzene rings is 2. The van der Waals surface area contributed by atoms with Gasteiger partial charge in [0.25, 0.3) is 0 Å². The molecule has 0 radical (unpaired) electrons. The van der Waals surface area contributed by atoms with Gasteiger partial charge in [-0.05, 0) is 30.3 Å². The second-order valence-corrected chi connectivity index (χ2v) is 7.89. The number of nitrogens with zero attached hydrogens (tertiary/aromatic N) is 1. The van der Waals surface area contributed by atoms with E-state index in [1.54, 1.807) is 37.3 Å². The summed E-state index contributed by atoms with van der Waals surface area (Å²) in [6.07, 6.45) is 0.478. The molecule has 7 heteroatoms. The lowest BCUT2D eigenvalue weighted by atomic mass is 10.2. The van der Waals surface area contributed by atoms with Gasteiger partial charge in [0.1, 0.15) is 5.01 Å². The van der Waals surface area contributed by atoms with Gasteiger partial charge in [0.15, 0.2) is 11.5 Å². The smallest absolute Gasteiger partial charge is 0.225 e. The van der Waals surface area contributed by atoms with Crippen LogP contribution < -0.4 is 14.8 Å². The van der Waals surface area contributed by atoms with Gasteiger partial charge in [0, 0.05) is 34.6 Å². The van der Waals surface area contributed by atoms with Gasteiger partial charge in [0.2, 0.25) is 5.91 Å². The number of carbonyl (C=O) groups is 1. The molecule has 0 aliphatic carbocycles. The summed E-state index contributed by atoms with van der Waals surface area (Å²) in [7, 11) is 3.25. The first kappa shape index (κ1) is 20.2. The van der Waals surface area contributed by atoms with Gasteiger partial charge < -0.3 is 14.8 Å². The molecule has 0 atom stereocenters. The predicted octanol–water partition coefficient (Wildman–Crippen LogP) is 5.09. The van der Waals surface area contributed by atoms with Crippen molar-refractivity contribution in [2.45, 2.75) is 12.2 Å². The Hall–Kier alpha value is -2.51. The summed E-state index contributed by atoms with van der Waals surface area (Å²) in [6, 6.07) is 15.3. The Labute approximate surface area is 173 Å². The van der Waals surface area contributed by atoms with Crippen LogP contribution >= 0.6 is 23.1 Å². The van der Waals surface area contributed by atoms with Crippen LogP contribution in [0.4, 0.5) is 5.69 Å². The van der Waals surface area contributed by atoms with E-state index in [0.29, 0.717) is 17.9 Å². The lowest BCUT2D eigenvalue weighted by molar-refractivity contribution is -0.115. The highest BCUT2D eigenvalue weighted by molar-refractivity contribution is 7.98. The Kier molecular flexibility index (Phi) is 7.33. The van der Waals surface area contributed by atoms with E-state index in [4.69, 9.17) is 14.5 Å². The number of thioether (sulfide) groups is 1. The van der Waals surface area contributed by atoms with E-state index in [-0.39, 0.29) is 5.91 Å². The second kappa shape index (κ2) is 10.1. The van der Waals surface area contributed by atoms with Crippen molar-refractivity contribution in [3.05, 3.63) is 59.6 Å². The first-order valence-electron chi connectivity index (χ1n) is 8.79. The van der Waals surface area contributed by atoms with E-state index in [0.717, 1.165) is 33.5 Å². The zero-order valence-electron chi connectivity index (χ0n) is 15.8. The maximum Gasteiger partial charge on any atom is 0.225 e. The van der Waals surface area contributed by atoms with Crippen molar-refractivity contribution in [1.82, 2.24) is 4.98 Å². The van der Waals surface area contributed by atoms with Crippen LogP contribution in [-0.4, -0.2) is 30.9 Å². The third kappa shape index (κ3) is 5.50. The molecular weight excluding hydrogens is 392 g/mol. The van der Waals surface area contributed by atoms with Gasteiger partial charge in [-0.2, -0.15) is 11.8 Å². The summed E-state index contributed by atoms with van der Waals surface area (Å²) in [5.41, 5.74) is 2.85. The quantitative estimate of drug-likeness (QED) is 0.494. The van der Waals surface area contributed by atoms with Crippen molar-refractivity contribution in [2.24, 2.45) is 0 Å². The number of para-hydroxylation sites is 1. The number of amides is 1. The molecule has 0 aliphatic rings. The maximum absolute atomic E-state index is 12.0. The molecule has 0 spiro atoms. The second-order valence-electron chi connectivity index (χ2n) is 5.93. The van der Waals surface area contributed by atoms with Crippen LogP contribution in [0.2, 0.25) is 0 Å². The number of nitrogens with one attached hydrogen (secondary N) is 1. The molecule has 1 N–H and O–H groups in total. The predicted molar refractivity (Wildman–Crippen MR) is 117 cm³/mol. The summed E-state index contributed by atoms with van der Waals surface area (Å²) < 4.78 is 10.6. The van der Waals surface area contributed by atoms with Crippen LogP contribution in [0.3, 0.4) is 0 Å². The van der Waals surface area contributed by atoms with E-state index >= 15 is 0 Å². The van der Waals surface area contributed by atoms with E-state index in [1.807, 2.05) is 48.5 Å². The Balaban J connectivity index is 1.48. The van der Waals surface area contributed by atoms with Crippen LogP contribution in [0.5, 0.6) is 11.5 Å². The molecule has 0 saturated carbocycles.